The summed E-state index contributed by atoms with van der Waals surface area (Å²) in [6, 6.07) is 13.1. The van der Waals surface area contributed by atoms with Crippen molar-refractivity contribution in [3.63, 3.8) is 0 Å². The Bertz CT molecular complexity index is 519. The van der Waals surface area contributed by atoms with Gasteiger partial charge in [-0.1, -0.05) is 6.07 Å². The van der Waals surface area contributed by atoms with Gasteiger partial charge in [0.2, 0.25) is 0 Å². The van der Waals surface area contributed by atoms with Gasteiger partial charge in [0.25, 0.3) is 0 Å². The van der Waals surface area contributed by atoms with Gasteiger partial charge in [0.1, 0.15) is 18.1 Å². The van der Waals surface area contributed by atoms with Crippen molar-refractivity contribution in [2.24, 2.45) is 0 Å². The first-order valence-corrected chi connectivity index (χ1v) is 7.84. The Kier molecular flexibility index (Phi) is 6.37. The summed E-state index contributed by atoms with van der Waals surface area (Å²) in [4.78, 5) is 4.19. The quantitative estimate of drug-likeness (QED) is 0.760. The minimum atomic E-state index is -0.538. The van der Waals surface area contributed by atoms with E-state index in [1.807, 2.05) is 49.4 Å². The van der Waals surface area contributed by atoms with Crippen LogP contribution in [0.3, 0.4) is 0 Å². The fraction of sp³-hybridized carbons (Fsp3) is 0.312. The number of aliphatic hydroxyl groups is 1. The third-order valence-corrected chi connectivity index (χ3v) is 3.73. The molecule has 1 unspecified atom stereocenters. The lowest BCUT2D eigenvalue weighted by Gasteiger charge is -2.12. The van der Waals surface area contributed by atoms with E-state index in [1.54, 1.807) is 6.20 Å². The van der Waals surface area contributed by atoms with Crippen LogP contribution in [0.4, 0.5) is 0 Å². The average molecular weight is 305 g/mol. The van der Waals surface area contributed by atoms with Crippen LogP contribution < -0.4 is 9.47 Å². The van der Waals surface area contributed by atoms with Crippen LogP contribution in [-0.4, -0.2) is 35.2 Å². The number of ether oxygens (including phenoxy) is 2. The van der Waals surface area contributed by atoms with E-state index < -0.39 is 6.10 Å². The molecule has 1 heterocycles. The predicted molar refractivity (Wildman–Crippen MR) is 84.1 cm³/mol. The molecule has 112 valence electrons. The summed E-state index contributed by atoms with van der Waals surface area (Å²) in [5, 5.41) is 10.8. The van der Waals surface area contributed by atoms with Gasteiger partial charge in [0.05, 0.1) is 17.7 Å². The Labute approximate surface area is 129 Å². The third kappa shape index (κ3) is 5.65. The monoisotopic (exact) mass is 305 g/mol. The number of rotatable bonds is 8. The lowest BCUT2D eigenvalue weighted by atomic mass is 10.3. The second kappa shape index (κ2) is 8.54. The Morgan fingerprint density at radius 3 is 2.43 bits per heavy atom. The molecule has 0 radical (unpaired) electrons. The standard InChI is InChI=1S/C16H19NO3S/c1-2-19-14-6-8-15(9-7-14)20-11-13(18)12-21-16-5-3-4-10-17-16/h3-10,13,18H,2,11-12H2,1H3. The zero-order valence-electron chi connectivity index (χ0n) is 11.9. The molecule has 21 heavy (non-hydrogen) atoms. The van der Waals surface area contributed by atoms with E-state index >= 15 is 0 Å². The van der Waals surface area contributed by atoms with E-state index in [0.29, 0.717) is 12.4 Å². The van der Waals surface area contributed by atoms with Gasteiger partial charge in [-0.25, -0.2) is 4.98 Å². The zero-order valence-corrected chi connectivity index (χ0v) is 12.8. The highest BCUT2D eigenvalue weighted by molar-refractivity contribution is 7.99. The molecule has 0 aliphatic heterocycles. The van der Waals surface area contributed by atoms with E-state index in [-0.39, 0.29) is 6.61 Å². The molecule has 0 bridgehead atoms. The van der Waals surface area contributed by atoms with Crippen molar-refractivity contribution in [3.8, 4) is 11.5 Å². The van der Waals surface area contributed by atoms with E-state index in [4.69, 9.17) is 9.47 Å². The molecule has 0 saturated heterocycles. The van der Waals surface area contributed by atoms with Gasteiger partial charge in [-0.2, -0.15) is 0 Å². The van der Waals surface area contributed by atoms with Crippen LogP contribution >= 0.6 is 11.8 Å². The van der Waals surface area contributed by atoms with E-state index in [1.165, 1.54) is 11.8 Å². The van der Waals surface area contributed by atoms with Gasteiger partial charge in [0.15, 0.2) is 0 Å². The number of hydrogen-bond acceptors (Lipinski definition) is 5. The zero-order chi connectivity index (χ0) is 14.9. The summed E-state index contributed by atoms with van der Waals surface area (Å²) < 4.78 is 10.9. The first-order valence-electron chi connectivity index (χ1n) is 6.85. The molecule has 0 spiro atoms. The first kappa shape index (κ1) is 15.7. The Hall–Kier alpha value is -1.72. The molecule has 0 aliphatic carbocycles. The summed E-state index contributed by atoms with van der Waals surface area (Å²) in [7, 11) is 0. The number of benzene rings is 1. The average Bonchev–Trinajstić information content (AvgIpc) is 2.53. The summed E-state index contributed by atoms with van der Waals surface area (Å²) >= 11 is 1.51. The highest BCUT2D eigenvalue weighted by Gasteiger charge is 2.07. The Morgan fingerprint density at radius 2 is 1.81 bits per heavy atom. The number of nitrogens with zero attached hydrogens (tertiary/aromatic N) is 1. The molecule has 1 N–H and O–H groups in total. The topological polar surface area (TPSA) is 51.6 Å². The molecule has 0 aliphatic rings. The maximum atomic E-state index is 9.91. The molecule has 0 saturated carbocycles. The number of thioether (sulfide) groups is 1. The normalized spacial score (nSPS) is 11.9. The second-order valence-corrected chi connectivity index (χ2v) is 5.39. The van der Waals surface area contributed by atoms with Crippen LogP contribution in [0, 0.1) is 0 Å². The van der Waals surface area contributed by atoms with Crippen LogP contribution in [0.1, 0.15) is 6.92 Å². The van der Waals surface area contributed by atoms with Gasteiger partial charge >= 0.3 is 0 Å². The van der Waals surface area contributed by atoms with Crippen molar-refractivity contribution in [3.05, 3.63) is 48.7 Å². The first-order chi connectivity index (χ1) is 10.3. The van der Waals surface area contributed by atoms with Crippen molar-refractivity contribution < 1.29 is 14.6 Å². The van der Waals surface area contributed by atoms with E-state index in [0.717, 1.165) is 16.5 Å². The maximum absolute atomic E-state index is 9.91. The van der Waals surface area contributed by atoms with Gasteiger partial charge in [-0.05, 0) is 43.3 Å². The number of hydrogen-bond donors (Lipinski definition) is 1. The van der Waals surface area contributed by atoms with Crippen molar-refractivity contribution in [2.75, 3.05) is 19.0 Å². The van der Waals surface area contributed by atoms with Crippen LogP contribution in [-0.2, 0) is 0 Å². The van der Waals surface area contributed by atoms with Crippen LogP contribution in [0.15, 0.2) is 53.7 Å². The molecule has 1 aromatic heterocycles. The molecule has 0 amide bonds. The lowest BCUT2D eigenvalue weighted by molar-refractivity contribution is 0.126. The smallest absolute Gasteiger partial charge is 0.119 e. The minimum Gasteiger partial charge on any atom is -0.494 e. The van der Waals surface area contributed by atoms with Gasteiger partial charge in [0, 0.05) is 11.9 Å². The van der Waals surface area contributed by atoms with Crippen LogP contribution in [0.25, 0.3) is 0 Å². The summed E-state index contributed by atoms with van der Waals surface area (Å²) in [6.07, 6.45) is 1.20. The molecule has 0 fully saturated rings. The SMILES string of the molecule is CCOc1ccc(OCC(O)CSc2ccccn2)cc1. The van der Waals surface area contributed by atoms with E-state index in [9.17, 15) is 5.11 Å². The number of aromatic nitrogens is 1. The fourth-order valence-electron chi connectivity index (χ4n) is 1.65. The van der Waals surface area contributed by atoms with Crippen molar-refractivity contribution in [2.45, 2.75) is 18.1 Å². The Morgan fingerprint density at radius 1 is 1.10 bits per heavy atom. The second-order valence-electron chi connectivity index (χ2n) is 4.35. The summed E-state index contributed by atoms with van der Waals surface area (Å²) in [5.74, 6) is 2.09. The Balaban J connectivity index is 1.72. The molecule has 1 aromatic carbocycles. The van der Waals surface area contributed by atoms with Gasteiger partial charge in [-0.3, -0.25) is 0 Å². The lowest BCUT2D eigenvalue weighted by Crippen LogP contribution is -2.20. The number of aliphatic hydroxyl groups excluding tert-OH is 1. The maximum Gasteiger partial charge on any atom is 0.119 e. The van der Waals surface area contributed by atoms with Crippen molar-refractivity contribution >= 4 is 11.8 Å². The highest BCUT2D eigenvalue weighted by Crippen LogP contribution is 2.19. The molecule has 2 rings (SSSR count). The molecular formula is C16H19NO3S. The largest absolute Gasteiger partial charge is 0.494 e. The molecule has 1 atom stereocenters. The molecule has 5 heteroatoms. The van der Waals surface area contributed by atoms with Gasteiger partial charge in [-0.15, -0.1) is 11.8 Å². The molecule has 4 nitrogen and oxygen atoms in total. The fourth-order valence-corrected chi connectivity index (χ4v) is 2.42. The van der Waals surface area contributed by atoms with Gasteiger partial charge < -0.3 is 14.6 Å². The molecule has 2 aromatic rings. The van der Waals surface area contributed by atoms with Crippen molar-refractivity contribution in [1.29, 1.82) is 0 Å². The van der Waals surface area contributed by atoms with Crippen molar-refractivity contribution in [1.82, 2.24) is 4.98 Å². The van der Waals surface area contributed by atoms with E-state index in [2.05, 4.69) is 4.98 Å². The van der Waals surface area contributed by atoms with Crippen LogP contribution in [0.5, 0.6) is 11.5 Å². The van der Waals surface area contributed by atoms with Crippen LogP contribution in [0.2, 0.25) is 0 Å². The summed E-state index contributed by atoms with van der Waals surface area (Å²) in [5.41, 5.74) is 0. The number of pyridine rings is 1. The molecular weight excluding hydrogens is 286 g/mol. The summed E-state index contributed by atoms with van der Waals surface area (Å²) in [6.45, 7) is 2.84. The minimum absolute atomic E-state index is 0.258. The third-order valence-electron chi connectivity index (χ3n) is 2.64. The predicted octanol–water partition coefficient (Wildman–Crippen LogP) is 3.01. The highest BCUT2D eigenvalue weighted by atomic mass is 32.2.